The molecule has 0 spiro atoms. The molecule has 1 aliphatic rings. The van der Waals surface area contributed by atoms with Crippen LogP contribution < -0.4 is 29.2 Å². The maximum Gasteiger partial charge on any atom is 0.227 e. The van der Waals surface area contributed by atoms with Crippen LogP contribution in [0.15, 0.2) is 49.1 Å². The molecule has 1 aliphatic heterocycles. The lowest BCUT2D eigenvalue weighted by atomic mass is 9.99. The van der Waals surface area contributed by atoms with Gasteiger partial charge in [-0.2, -0.15) is 0 Å². The SMILES string of the molecule is C=CCOc1ccc(OCC(O)CNCCOc2ccc(OC)cc2)c2c1N(CC)C(=O)CC2. The monoisotopic (exact) mass is 470 g/mol. The smallest absolute Gasteiger partial charge is 0.227 e. The van der Waals surface area contributed by atoms with Crippen LogP contribution in [0.5, 0.6) is 23.0 Å². The number of rotatable bonds is 14. The first-order chi connectivity index (χ1) is 16.6. The maximum atomic E-state index is 12.4. The Bertz CT molecular complexity index is 947. The number of hydrogen-bond acceptors (Lipinski definition) is 7. The molecular formula is C26H34N2O6. The summed E-state index contributed by atoms with van der Waals surface area (Å²) >= 11 is 0. The van der Waals surface area contributed by atoms with Gasteiger partial charge in [-0.25, -0.2) is 0 Å². The number of fused-ring (bicyclic) bond motifs is 1. The molecule has 8 heteroatoms. The summed E-state index contributed by atoms with van der Waals surface area (Å²) in [5, 5.41) is 13.5. The third kappa shape index (κ3) is 6.65. The molecule has 34 heavy (non-hydrogen) atoms. The van der Waals surface area contributed by atoms with Gasteiger partial charge in [0.15, 0.2) is 0 Å². The van der Waals surface area contributed by atoms with Crippen LogP contribution in [-0.4, -0.2) is 63.7 Å². The van der Waals surface area contributed by atoms with Crippen molar-refractivity contribution in [2.75, 3.05) is 51.5 Å². The molecule has 0 bridgehead atoms. The summed E-state index contributed by atoms with van der Waals surface area (Å²) in [6.45, 7) is 8.08. The highest BCUT2D eigenvalue weighted by atomic mass is 16.5. The Labute approximate surface area is 201 Å². The molecule has 1 heterocycles. The second kappa shape index (κ2) is 12.9. The molecule has 0 radical (unpaired) electrons. The van der Waals surface area contributed by atoms with Crippen LogP contribution in [-0.2, 0) is 11.2 Å². The van der Waals surface area contributed by atoms with E-state index in [0.29, 0.717) is 57.2 Å². The predicted molar refractivity (Wildman–Crippen MR) is 131 cm³/mol. The van der Waals surface area contributed by atoms with Gasteiger partial charge in [-0.3, -0.25) is 4.79 Å². The van der Waals surface area contributed by atoms with Crippen molar-refractivity contribution in [3.63, 3.8) is 0 Å². The predicted octanol–water partition coefficient (Wildman–Crippen LogP) is 2.97. The van der Waals surface area contributed by atoms with E-state index in [9.17, 15) is 9.90 Å². The number of ether oxygens (including phenoxy) is 4. The Kier molecular flexibility index (Phi) is 9.61. The van der Waals surface area contributed by atoms with Crippen molar-refractivity contribution in [2.45, 2.75) is 25.9 Å². The fourth-order valence-electron chi connectivity index (χ4n) is 3.79. The van der Waals surface area contributed by atoms with E-state index < -0.39 is 6.10 Å². The zero-order valence-electron chi connectivity index (χ0n) is 19.9. The highest BCUT2D eigenvalue weighted by Crippen LogP contribution is 2.42. The first kappa shape index (κ1) is 25.4. The van der Waals surface area contributed by atoms with Crippen LogP contribution >= 0.6 is 0 Å². The fourth-order valence-corrected chi connectivity index (χ4v) is 3.79. The Morgan fingerprint density at radius 3 is 2.53 bits per heavy atom. The van der Waals surface area contributed by atoms with E-state index >= 15 is 0 Å². The van der Waals surface area contributed by atoms with Gasteiger partial charge in [-0.1, -0.05) is 12.7 Å². The molecule has 1 unspecified atom stereocenters. The lowest BCUT2D eigenvalue weighted by Crippen LogP contribution is -2.36. The standard InChI is InChI=1S/C26H34N2O6/c1-4-15-33-24-12-11-23(22-10-13-25(30)28(5-2)26(22)24)34-18-19(29)17-27-14-16-32-21-8-6-20(31-3)7-9-21/h4,6-9,11-12,19,27,29H,1,5,10,13-18H2,2-3H3. The van der Waals surface area contributed by atoms with E-state index in [2.05, 4.69) is 11.9 Å². The summed E-state index contributed by atoms with van der Waals surface area (Å²) < 4.78 is 22.5. The fraction of sp³-hybridized carbons (Fsp3) is 0.423. The van der Waals surface area contributed by atoms with E-state index in [0.717, 1.165) is 22.7 Å². The van der Waals surface area contributed by atoms with Gasteiger partial charge in [-0.05, 0) is 49.7 Å². The maximum absolute atomic E-state index is 12.4. The molecule has 1 amide bonds. The summed E-state index contributed by atoms with van der Waals surface area (Å²) in [5.74, 6) is 2.90. The highest BCUT2D eigenvalue weighted by molar-refractivity contribution is 5.98. The Hall–Kier alpha value is -3.23. The number of nitrogens with one attached hydrogen (secondary N) is 1. The van der Waals surface area contributed by atoms with Crippen LogP contribution in [0.3, 0.4) is 0 Å². The van der Waals surface area contributed by atoms with Crippen molar-refractivity contribution in [3.8, 4) is 23.0 Å². The van der Waals surface area contributed by atoms with Crippen LogP contribution in [0.1, 0.15) is 18.9 Å². The number of amides is 1. The number of anilines is 1. The van der Waals surface area contributed by atoms with E-state index in [1.54, 1.807) is 24.2 Å². The van der Waals surface area contributed by atoms with Crippen LogP contribution in [0.4, 0.5) is 5.69 Å². The molecule has 8 nitrogen and oxygen atoms in total. The van der Waals surface area contributed by atoms with Gasteiger partial charge >= 0.3 is 0 Å². The van der Waals surface area contributed by atoms with E-state index in [1.807, 2.05) is 37.3 Å². The lowest BCUT2D eigenvalue weighted by molar-refractivity contribution is -0.118. The van der Waals surface area contributed by atoms with E-state index in [1.165, 1.54) is 0 Å². The number of methoxy groups -OCH3 is 1. The van der Waals surface area contributed by atoms with Gasteiger partial charge in [0.2, 0.25) is 5.91 Å². The van der Waals surface area contributed by atoms with Crippen molar-refractivity contribution >= 4 is 11.6 Å². The van der Waals surface area contributed by atoms with Gasteiger partial charge in [0.1, 0.15) is 48.9 Å². The molecule has 0 saturated carbocycles. The Balaban J connectivity index is 1.49. The largest absolute Gasteiger partial charge is 0.497 e. The third-order valence-corrected chi connectivity index (χ3v) is 5.45. The Morgan fingerprint density at radius 2 is 1.82 bits per heavy atom. The number of aliphatic hydroxyl groups excluding tert-OH is 1. The number of nitrogens with zero attached hydrogens (tertiary/aromatic N) is 1. The minimum absolute atomic E-state index is 0.0664. The number of carbonyl (C=O) groups is 1. The van der Waals surface area contributed by atoms with Crippen molar-refractivity contribution < 1.29 is 28.8 Å². The topological polar surface area (TPSA) is 89.5 Å². The second-order valence-electron chi connectivity index (χ2n) is 7.82. The van der Waals surface area contributed by atoms with Crippen LogP contribution in [0.25, 0.3) is 0 Å². The molecule has 1 atom stereocenters. The molecule has 0 aromatic heterocycles. The summed E-state index contributed by atoms with van der Waals surface area (Å²) in [7, 11) is 1.62. The second-order valence-corrected chi connectivity index (χ2v) is 7.82. The Morgan fingerprint density at radius 1 is 1.09 bits per heavy atom. The first-order valence-electron chi connectivity index (χ1n) is 11.6. The molecule has 2 N–H and O–H groups in total. The van der Waals surface area contributed by atoms with Gasteiger partial charge in [0.25, 0.3) is 0 Å². The summed E-state index contributed by atoms with van der Waals surface area (Å²) in [6, 6.07) is 11.0. The van der Waals surface area contributed by atoms with Gasteiger partial charge in [0.05, 0.1) is 12.8 Å². The normalized spacial score (nSPS) is 13.7. The van der Waals surface area contributed by atoms with Gasteiger partial charge in [0, 0.05) is 31.6 Å². The lowest BCUT2D eigenvalue weighted by Gasteiger charge is -2.31. The number of aliphatic hydroxyl groups is 1. The highest BCUT2D eigenvalue weighted by Gasteiger charge is 2.29. The molecule has 2 aromatic carbocycles. The van der Waals surface area contributed by atoms with E-state index in [-0.39, 0.29) is 12.5 Å². The quantitative estimate of drug-likeness (QED) is 0.324. The van der Waals surface area contributed by atoms with Crippen LogP contribution in [0.2, 0.25) is 0 Å². The molecule has 0 aliphatic carbocycles. The van der Waals surface area contributed by atoms with E-state index in [4.69, 9.17) is 18.9 Å². The molecule has 3 rings (SSSR count). The zero-order valence-corrected chi connectivity index (χ0v) is 19.9. The van der Waals surface area contributed by atoms with Crippen LogP contribution in [0, 0.1) is 0 Å². The average molecular weight is 471 g/mol. The summed E-state index contributed by atoms with van der Waals surface area (Å²) in [5.41, 5.74) is 1.68. The van der Waals surface area contributed by atoms with Gasteiger partial charge < -0.3 is 34.3 Å². The molecule has 0 fully saturated rings. The summed E-state index contributed by atoms with van der Waals surface area (Å²) in [4.78, 5) is 14.2. The molecule has 2 aromatic rings. The molecule has 184 valence electrons. The minimum atomic E-state index is -0.694. The molecular weight excluding hydrogens is 436 g/mol. The number of carbonyl (C=O) groups excluding carboxylic acids is 1. The van der Waals surface area contributed by atoms with Gasteiger partial charge in [-0.15, -0.1) is 0 Å². The van der Waals surface area contributed by atoms with Crippen molar-refractivity contribution in [1.82, 2.24) is 5.32 Å². The van der Waals surface area contributed by atoms with Crippen molar-refractivity contribution in [3.05, 3.63) is 54.6 Å². The average Bonchev–Trinajstić information content (AvgIpc) is 2.86. The zero-order chi connectivity index (χ0) is 24.3. The third-order valence-electron chi connectivity index (χ3n) is 5.45. The number of hydrogen-bond donors (Lipinski definition) is 2. The summed E-state index contributed by atoms with van der Waals surface area (Å²) in [6.07, 6.45) is 1.96. The minimum Gasteiger partial charge on any atom is -0.497 e. The first-order valence-corrected chi connectivity index (χ1v) is 11.6. The van der Waals surface area contributed by atoms with Crippen molar-refractivity contribution in [1.29, 1.82) is 0 Å². The van der Waals surface area contributed by atoms with Crippen molar-refractivity contribution in [2.24, 2.45) is 0 Å². The molecule has 0 saturated heterocycles. The number of benzene rings is 2.